The van der Waals surface area contributed by atoms with Crippen LogP contribution in [-0.4, -0.2) is 52.4 Å². The highest BCUT2D eigenvalue weighted by atomic mass is 35.5. The molecule has 162 valence electrons. The number of fused-ring (bicyclic) bond motifs is 7. The monoisotopic (exact) mass is 437 g/mol. The number of halogens is 1. The minimum Gasteiger partial charge on any atom is -0.360 e. The number of pyridine rings is 1. The molecule has 1 aliphatic carbocycles. The van der Waals surface area contributed by atoms with Gasteiger partial charge in [-0.3, -0.25) is 14.5 Å². The van der Waals surface area contributed by atoms with Crippen LogP contribution in [0.5, 0.6) is 0 Å². The van der Waals surface area contributed by atoms with E-state index in [4.69, 9.17) is 11.6 Å². The molecule has 5 nitrogen and oxygen atoms in total. The van der Waals surface area contributed by atoms with E-state index in [-0.39, 0.29) is 22.9 Å². The minimum atomic E-state index is -0.208. The Bertz CT molecular complexity index is 1140. The predicted octanol–water partition coefficient (Wildman–Crippen LogP) is 4.22. The van der Waals surface area contributed by atoms with Crippen molar-refractivity contribution >= 4 is 28.4 Å². The summed E-state index contributed by atoms with van der Waals surface area (Å²) in [4.78, 5) is 34.6. The first-order valence-corrected chi connectivity index (χ1v) is 12.0. The highest BCUT2D eigenvalue weighted by molar-refractivity contribution is 6.31. The van der Waals surface area contributed by atoms with Crippen LogP contribution in [0.1, 0.15) is 48.9 Å². The summed E-state index contributed by atoms with van der Waals surface area (Å²) >= 11 is 6.06. The van der Waals surface area contributed by atoms with Crippen LogP contribution in [0.3, 0.4) is 0 Å². The zero-order valence-electron chi connectivity index (χ0n) is 17.6. The number of aromatic amines is 1. The number of nitrogens with zero attached hydrogens (tertiary/aromatic N) is 2. The summed E-state index contributed by atoms with van der Waals surface area (Å²) in [6.07, 6.45) is 11.3. The van der Waals surface area contributed by atoms with Gasteiger partial charge in [0.05, 0.1) is 11.6 Å². The fourth-order valence-electron chi connectivity index (χ4n) is 6.71. The van der Waals surface area contributed by atoms with Crippen LogP contribution in [0.25, 0.3) is 10.9 Å². The molecule has 2 unspecified atom stereocenters. The smallest absolute Gasteiger partial charge is 0.259 e. The normalized spacial score (nSPS) is 30.5. The van der Waals surface area contributed by atoms with Crippen molar-refractivity contribution in [2.24, 2.45) is 11.8 Å². The van der Waals surface area contributed by atoms with E-state index in [1.54, 1.807) is 24.4 Å². The number of H-pyrrole nitrogens is 1. The third-order valence-corrected chi connectivity index (χ3v) is 8.23. The molecule has 0 radical (unpaired) electrons. The maximum absolute atomic E-state index is 13.7. The number of amides is 1. The molecule has 6 heteroatoms. The van der Waals surface area contributed by atoms with Crippen molar-refractivity contribution in [2.75, 3.05) is 19.6 Å². The molecule has 3 saturated heterocycles. The van der Waals surface area contributed by atoms with Crippen molar-refractivity contribution < 1.29 is 4.79 Å². The standard InChI is InChI=1S/C25H28ClN3O2/c26-18-6-7-19-21(12-18)27-13-20(24(19)30)25(31)29-9-3-4-15-10-16-11-17(23(15)29)14-28-8-2-1-5-22(16)28/h6-7,10,12-13,16-17,22-23H,1-5,8-9,11,14H2,(H,27,30)/t16-,17-,22?,23?/m0/s1. The second-order valence-electron chi connectivity index (χ2n) is 9.73. The van der Waals surface area contributed by atoms with E-state index in [2.05, 4.69) is 16.0 Å². The van der Waals surface area contributed by atoms with Gasteiger partial charge < -0.3 is 9.88 Å². The largest absolute Gasteiger partial charge is 0.360 e. The number of hydrogen-bond donors (Lipinski definition) is 1. The SMILES string of the molecule is O=C(c1c[nH]c2cc(Cl)ccc2c1=O)N1CCCC2=C[C@H]3C[C@@H](CN4CCCCC34)C21. The molecular formula is C25H28ClN3O2. The van der Waals surface area contributed by atoms with Gasteiger partial charge in [0.25, 0.3) is 5.91 Å². The molecule has 4 atom stereocenters. The highest BCUT2D eigenvalue weighted by Crippen LogP contribution is 2.45. The molecule has 6 rings (SSSR count). The molecule has 3 aliphatic heterocycles. The second-order valence-corrected chi connectivity index (χ2v) is 10.2. The number of aromatic nitrogens is 1. The molecule has 0 spiro atoms. The lowest BCUT2D eigenvalue weighted by Crippen LogP contribution is -2.60. The maximum Gasteiger partial charge on any atom is 0.259 e. The van der Waals surface area contributed by atoms with Gasteiger partial charge in [0, 0.05) is 35.7 Å². The Morgan fingerprint density at radius 3 is 2.97 bits per heavy atom. The second kappa shape index (κ2) is 7.49. The first-order valence-electron chi connectivity index (χ1n) is 11.7. The van der Waals surface area contributed by atoms with Gasteiger partial charge in [0.1, 0.15) is 5.56 Å². The van der Waals surface area contributed by atoms with Crippen LogP contribution in [0.2, 0.25) is 5.02 Å². The molecule has 4 heterocycles. The molecule has 0 saturated carbocycles. The van der Waals surface area contributed by atoms with E-state index < -0.39 is 0 Å². The molecular weight excluding hydrogens is 410 g/mol. The van der Waals surface area contributed by atoms with E-state index >= 15 is 0 Å². The Balaban J connectivity index is 1.36. The van der Waals surface area contributed by atoms with Crippen LogP contribution < -0.4 is 5.43 Å². The summed E-state index contributed by atoms with van der Waals surface area (Å²) < 4.78 is 0. The van der Waals surface area contributed by atoms with E-state index in [9.17, 15) is 9.59 Å². The predicted molar refractivity (Wildman–Crippen MR) is 123 cm³/mol. The van der Waals surface area contributed by atoms with Crippen LogP contribution in [0, 0.1) is 11.8 Å². The van der Waals surface area contributed by atoms with Crippen molar-refractivity contribution in [3.05, 3.63) is 56.9 Å². The average Bonchev–Trinajstić information content (AvgIpc) is 2.78. The van der Waals surface area contributed by atoms with Gasteiger partial charge in [0.2, 0.25) is 5.43 Å². The summed E-state index contributed by atoms with van der Waals surface area (Å²) in [5.74, 6) is 0.976. The fraction of sp³-hybridized carbons (Fsp3) is 0.520. The Labute approximate surface area is 187 Å². The van der Waals surface area contributed by atoms with E-state index in [1.165, 1.54) is 37.8 Å². The van der Waals surface area contributed by atoms with Gasteiger partial charge in [-0.1, -0.05) is 29.7 Å². The Kier molecular flexibility index (Phi) is 4.73. The highest BCUT2D eigenvalue weighted by Gasteiger charge is 2.47. The zero-order chi connectivity index (χ0) is 21.1. The van der Waals surface area contributed by atoms with Gasteiger partial charge in [-0.05, 0) is 68.7 Å². The molecule has 2 aromatic rings. The number of nitrogens with one attached hydrogen (secondary N) is 1. The van der Waals surface area contributed by atoms with E-state index in [0.29, 0.717) is 33.8 Å². The molecule has 1 N–H and O–H groups in total. The first kappa shape index (κ1) is 19.6. The van der Waals surface area contributed by atoms with Crippen LogP contribution in [0.4, 0.5) is 0 Å². The quantitative estimate of drug-likeness (QED) is 0.679. The van der Waals surface area contributed by atoms with Crippen LogP contribution >= 0.6 is 11.6 Å². The third kappa shape index (κ3) is 3.16. The van der Waals surface area contributed by atoms with Crippen molar-refractivity contribution in [3.8, 4) is 0 Å². The van der Waals surface area contributed by atoms with E-state index in [0.717, 1.165) is 25.9 Å². The molecule has 1 aromatic carbocycles. The van der Waals surface area contributed by atoms with Crippen LogP contribution in [0.15, 0.2) is 40.8 Å². The minimum absolute atomic E-state index is 0.132. The van der Waals surface area contributed by atoms with Crippen molar-refractivity contribution in [3.63, 3.8) is 0 Å². The summed E-state index contributed by atoms with van der Waals surface area (Å²) in [6, 6.07) is 5.97. The molecule has 2 bridgehead atoms. The third-order valence-electron chi connectivity index (χ3n) is 7.99. The summed E-state index contributed by atoms with van der Waals surface area (Å²) in [5, 5.41) is 1.08. The van der Waals surface area contributed by atoms with Gasteiger partial charge in [0.15, 0.2) is 0 Å². The number of piperidine rings is 3. The lowest BCUT2D eigenvalue weighted by atomic mass is 9.68. The Hall–Kier alpha value is -2.11. The zero-order valence-corrected chi connectivity index (χ0v) is 18.4. The summed E-state index contributed by atoms with van der Waals surface area (Å²) in [7, 11) is 0. The van der Waals surface area contributed by atoms with Gasteiger partial charge in [-0.15, -0.1) is 0 Å². The van der Waals surface area contributed by atoms with Crippen molar-refractivity contribution in [1.29, 1.82) is 0 Å². The van der Waals surface area contributed by atoms with E-state index in [1.807, 2.05) is 4.90 Å². The average molecular weight is 438 g/mol. The number of carbonyl (C=O) groups is 1. The first-order chi connectivity index (χ1) is 15.1. The van der Waals surface area contributed by atoms with Gasteiger partial charge >= 0.3 is 0 Å². The van der Waals surface area contributed by atoms with Gasteiger partial charge in [-0.25, -0.2) is 0 Å². The van der Waals surface area contributed by atoms with Gasteiger partial charge in [-0.2, -0.15) is 0 Å². The molecule has 31 heavy (non-hydrogen) atoms. The molecule has 3 fully saturated rings. The fourth-order valence-corrected chi connectivity index (χ4v) is 6.88. The topological polar surface area (TPSA) is 56.4 Å². The summed E-state index contributed by atoms with van der Waals surface area (Å²) in [6.45, 7) is 3.00. The van der Waals surface area contributed by atoms with Crippen LogP contribution in [-0.2, 0) is 0 Å². The lowest BCUT2D eigenvalue weighted by Gasteiger charge is -2.54. The number of carbonyl (C=O) groups excluding carboxylic acids is 1. The number of rotatable bonds is 1. The molecule has 1 aromatic heterocycles. The number of hydrogen-bond acceptors (Lipinski definition) is 3. The lowest BCUT2D eigenvalue weighted by molar-refractivity contribution is 0.00143. The maximum atomic E-state index is 13.7. The van der Waals surface area contributed by atoms with Crippen molar-refractivity contribution in [2.45, 2.75) is 50.6 Å². The Morgan fingerprint density at radius 2 is 2.06 bits per heavy atom. The summed E-state index contributed by atoms with van der Waals surface area (Å²) in [5.41, 5.74) is 2.14. The van der Waals surface area contributed by atoms with Crippen molar-refractivity contribution in [1.82, 2.24) is 14.8 Å². The molecule has 1 amide bonds. The Morgan fingerprint density at radius 1 is 1.16 bits per heavy atom. The number of likely N-dealkylation sites (tertiary alicyclic amines) is 1. The molecule has 4 aliphatic rings. The number of benzene rings is 1.